The Hall–Kier alpha value is -1.58. The van der Waals surface area contributed by atoms with Gasteiger partial charge in [-0.25, -0.2) is 4.79 Å². The Morgan fingerprint density at radius 1 is 1.61 bits per heavy atom. The van der Waals surface area contributed by atoms with Crippen molar-refractivity contribution in [1.29, 1.82) is 0 Å². The molecule has 1 atom stereocenters. The Morgan fingerprint density at radius 2 is 2.39 bits per heavy atom. The summed E-state index contributed by atoms with van der Waals surface area (Å²) in [4.78, 5) is 17.9. The van der Waals surface area contributed by atoms with Gasteiger partial charge in [0.15, 0.2) is 0 Å². The molecule has 4 nitrogen and oxygen atoms in total. The van der Waals surface area contributed by atoms with Gasteiger partial charge in [-0.05, 0) is 36.8 Å². The highest BCUT2D eigenvalue weighted by Gasteiger charge is 2.29. The molecular weight excluding hydrogens is 226 g/mol. The Morgan fingerprint density at radius 3 is 3.06 bits per heavy atom. The molecule has 0 bridgehead atoms. The van der Waals surface area contributed by atoms with E-state index in [9.17, 15) is 4.79 Å². The number of carbonyl (C=O) groups excluding carboxylic acids is 1. The maximum atomic E-state index is 11.7. The first kappa shape index (κ1) is 12.9. The number of hydrogen-bond acceptors (Lipinski definition) is 2. The fourth-order valence-electron chi connectivity index (χ4n) is 2.65. The number of pyridine rings is 1. The van der Waals surface area contributed by atoms with Crippen molar-refractivity contribution < 1.29 is 4.79 Å². The average Bonchev–Trinajstić information content (AvgIpc) is 2.35. The predicted octanol–water partition coefficient (Wildman–Crippen LogP) is 2.50. The van der Waals surface area contributed by atoms with E-state index in [0.717, 1.165) is 25.0 Å². The van der Waals surface area contributed by atoms with Crippen molar-refractivity contribution in [3.05, 3.63) is 29.6 Å². The summed E-state index contributed by atoms with van der Waals surface area (Å²) < 4.78 is 0. The van der Waals surface area contributed by atoms with Crippen molar-refractivity contribution in [3.63, 3.8) is 0 Å². The number of fused-ring (bicyclic) bond motifs is 1. The number of nitrogens with zero attached hydrogens (tertiary/aromatic N) is 2. The third kappa shape index (κ3) is 2.63. The second kappa shape index (κ2) is 5.38. The lowest BCUT2D eigenvalue weighted by molar-refractivity contribution is 0.164. The maximum absolute atomic E-state index is 11.7. The van der Waals surface area contributed by atoms with E-state index in [0.29, 0.717) is 12.5 Å². The minimum Gasteiger partial charge on any atom is -0.351 e. The van der Waals surface area contributed by atoms with Gasteiger partial charge in [0.1, 0.15) is 0 Å². The highest BCUT2D eigenvalue weighted by atomic mass is 16.2. The molecule has 0 aliphatic heterocycles. The third-order valence-corrected chi connectivity index (χ3v) is 3.39. The molecule has 1 aromatic rings. The minimum absolute atomic E-state index is 0.0508. The van der Waals surface area contributed by atoms with Gasteiger partial charge in [-0.3, -0.25) is 4.98 Å². The molecule has 2 N–H and O–H groups in total. The summed E-state index contributed by atoms with van der Waals surface area (Å²) in [6.45, 7) is 4.88. The van der Waals surface area contributed by atoms with Gasteiger partial charge in [-0.1, -0.05) is 19.9 Å². The summed E-state index contributed by atoms with van der Waals surface area (Å²) >= 11 is 0. The molecule has 4 heteroatoms. The molecular formula is C14H21N3O. The molecule has 0 aromatic carbocycles. The van der Waals surface area contributed by atoms with Crippen LogP contribution in [0.3, 0.4) is 0 Å². The molecule has 1 aliphatic rings. The van der Waals surface area contributed by atoms with Crippen LogP contribution in [0.1, 0.15) is 44.0 Å². The van der Waals surface area contributed by atoms with Crippen molar-refractivity contribution >= 4 is 6.03 Å². The van der Waals surface area contributed by atoms with Crippen LogP contribution in [0.25, 0.3) is 0 Å². The molecule has 0 saturated carbocycles. The first-order valence-electron chi connectivity index (χ1n) is 6.59. The van der Waals surface area contributed by atoms with E-state index in [1.165, 1.54) is 5.56 Å². The number of aromatic nitrogens is 1. The van der Waals surface area contributed by atoms with E-state index >= 15 is 0 Å². The Balaban J connectivity index is 2.29. The van der Waals surface area contributed by atoms with E-state index in [2.05, 4.69) is 24.9 Å². The second-order valence-electron chi connectivity index (χ2n) is 5.34. The molecule has 1 heterocycles. The number of carbonyl (C=O) groups is 1. The van der Waals surface area contributed by atoms with Crippen LogP contribution in [-0.2, 0) is 6.42 Å². The van der Waals surface area contributed by atoms with Crippen molar-refractivity contribution in [2.24, 2.45) is 11.7 Å². The number of primary amides is 1. The quantitative estimate of drug-likeness (QED) is 0.892. The van der Waals surface area contributed by atoms with Gasteiger partial charge in [-0.15, -0.1) is 0 Å². The van der Waals surface area contributed by atoms with Gasteiger partial charge >= 0.3 is 6.03 Å². The molecule has 1 aromatic heterocycles. The molecule has 2 rings (SSSR count). The van der Waals surface area contributed by atoms with Gasteiger partial charge in [0.25, 0.3) is 0 Å². The molecule has 98 valence electrons. The van der Waals surface area contributed by atoms with Crippen LogP contribution in [0.5, 0.6) is 0 Å². The van der Waals surface area contributed by atoms with Crippen LogP contribution in [0.2, 0.25) is 0 Å². The lowest BCUT2D eigenvalue weighted by Crippen LogP contribution is -2.42. The fourth-order valence-corrected chi connectivity index (χ4v) is 2.65. The highest BCUT2D eigenvalue weighted by molar-refractivity contribution is 5.72. The Bertz CT molecular complexity index is 431. The highest BCUT2D eigenvalue weighted by Crippen LogP contribution is 2.32. The zero-order valence-corrected chi connectivity index (χ0v) is 11.1. The monoisotopic (exact) mass is 247 g/mol. The summed E-state index contributed by atoms with van der Waals surface area (Å²) in [5.41, 5.74) is 7.82. The van der Waals surface area contributed by atoms with Crippen LogP contribution in [0.4, 0.5) is 4.79 Å². The third-order valence-electron chi connectivity index (χ3n) is 3.39. The van der Waals surface area contributed by atoms with Gasteiger partial charge in [-0.2, -0.15) is 0 Å². The Kier molecular flexibility index (Phi) is 3.84. The van der Waals surface area contributed by atoms with Gasteiger partial charge in [0.05, 0.1) is 11.7 Å². The summed E-state index contributed by atoms with van der Waals surface area (Å²) in [6.07, 6.45) is 4.89. The molecule has 0 fully saturated rings. The molecule has 0 spiro atoms. The predicted molar refractivity (Wildman–Crippen MR) is 71.0 cm³/mol. The number of urea groups is 1. The number of rotatable bonds is 3. The number of amides is 2. The summed E-state index contributed by atoms with van der Waals surface area (Å²) in [5, 5.41) is 0. The van der Waals surface area contributed by atoms with Crippen LogP contribution >= 0.6 is 0 Å². The van der Waals surface area contributed by atoms with Crippen LogP contribution in [-0.4, -0.2) is 22.5 Å². The topological polar surface area (TPSA) is 59.2 Å². The molecule has 18 heavy (non-hydrogen) atoms. The first-order chi connectivity index (χ1) is 8.59. The van der Waals surface area contributed by atoms with Crippen LogP contribution in [0, 0.1) is 5.92 Å². The van der Waals surface area contributed by atoms with Crippen molar-refractivity contribution in [2.75, 3.05) is 6.54 Å². The molecule has 1 aliphatic carbocycles. The average molecular weight is 247 g/mol. The normalized spacial score (nSPS) is 18.5. The number of nitrogens with two attached hydrogens (primary N) is 1. The first-order valence-corrected chi connectivity index (χ1v) is 6.59. The summed E-state index contributed by atoms with van der Waals surface area (Å²) in [7, 11) is 0. The largest absolute Gasteiger partial charge is 0.351 e. The van der Waals surface area contributed by atoms with Gasteiger partial charge in [0, 0.05) is 12.7 Å². The maximum Gasteiger partial charge on any atom is 0.315 e. The van der Waals surface area contributed by atoms with E-state index in [1.807, 2.05) is 6.07 Å². The zero-order chi connectivity index (χ0) is 13.1. The lowest BCUT2D eigenvalue weighted by atomic mass is 9.90. The summed E-state index contributed by atoms with van der Waals surface area (Å²) in [5.74, 6) is 0.409. The van der Waals surface area contributed by atoms with Crippen molar-refractivity contribution in [1.82, 2.24) is 9.88 Å². The summed E-state index contributed by atoms with van der Waals surface area (Å²) in [6, 6.07) is 3.77. The molecule has 0 saturated heterocycles. The van der Waals surface area contributed by atoms with Crippen molar-refractivity contribution in [3.8, 4) is 0 Å². The van der Waals surface area contributed by atoms with Gasteiger partial charge < -0.3 is 10.6 Å². The zero-order valence-electron chi connectivity index (χ0n) is 11.1. The van der Waals surface area contributed by atoms with E-state index in [-0.39, 0.29) is 12.1 Å². The van der Waals surface area contributed by atoms with Crippen LogP contribution in [0.15, 0.2) is 18.3 Å². The van der Waals surface area contributed by atoms with Crippen molar-refractivity contribution in [2.45, 2.75) is 39.2 Å². The van der Waals surface area contributed by atoms with E-state index in [4.69, 9.17) is 5.73 Å². The lowest BCUT2D eigenvalue weighted by Gasteiger charge is -2.34. The smallest absolute Gasteiger partial charge is 0.315 e. The Labute approximate surface area is 108 Å². The van der Waals surface area contributed by atoms with E-state index in [1.54, 1.807) is 11.1 Å². The minimum atomic E-state index is -0.341. The number of hydrogen-bond donors (Lipinski definition) is 1. The fraction of sp³-hybridized carbons (Fsp3) is 0.571. The van der Waals surface area contributed by atoms with Gasteiger partial charge in [0.2, 0.25) is 0 Å². The molecule has 2 amide bonds. The number of aryl methyl sites for hydroxylation is 1. The SMILES string of the molecule is CC(C)CN(C(N)=O)[C@H]1CCCc2cccnc21. The van der Waals surface area contributed by atoms with Crippen LogP contribution < -0.4 is 5.73 Å². The molecule has 0 unspecified atom stereocenters. The standard InChI is InChI=1S/C14H21N3O/c1-10(2)9-17(14(15)18)12-7-3-5-11-6-4-8-16-13(11)12/h4,6,8,10,12H,3,5,7,9H2,1-2H3,(H2,15,18)/t12-/m0/s1. The molecule has 0 radical (unpaired) electrons. The second-order valence-corrected chi connectivity index (χ2v) is 5.34. The van der Waals surface area contributed by atoms with E-state index < -0.39 is 0 Å².